The number of methoxy groups -OCH3 is 2. The highest BCUT2D eigenvalue weighted by molar-refractivity contribution is 5.78. The molecule has 2 aromatic heterocycles. The fourth-order valence-electron chi connectivity index (χ4n) is 4.24. The summed E-state index contributed by atoms with van der Waals surface area (Å²) in [5.41, 5.74) is 3.01. The molecule has 2 aromatic carbocycles. The zero-order valence-electron chi connectivity index (χ0n) is 18.6. The summed E-state index contributed by atoms with van der Waals surface area (Å²) in [6.07, 6.45) is 3.36. The van der Waals surface area contributed by atoms with Crippen LogP contribution in [0.5, 0.6) is 11.5 Å². The molecular formula is C24H25FN6O2. The highest BCUT2D eigenvalue weighted by Gasteiger charge is 2.24. The average molecular weight is 449 g/mol. The Balaban J connectivity index is 1.43. The van der Waals surface area contributed by atoms with Gasteiger partial charge in [0.25, 0.3) is 5.78 Å². The highest BCUT2D eigenvalue weighted by Crippen LogP contribution is 2.36. The van der Waals surface area contributed by atoms with E-state index in [1.807, 2.05) is 36.5 Å². The van der Waals surface area contributed by atoms with Crippen LogP contribution >= 0.6 is 0 Å². The van der Waals surface area contributed by atoms with Gasteiger partial charge in [-0.05, 0) is 35.4 Å². The maximum Gasteiger partial charge on any atom is 0.254 e. The number of ether oxygens (including phenoxy) is 2. The molecule has 33 heavy (non-hydrogen) atoms. The Labute approximate surface area is 191 Å². The standard InChI is InChI=1S/C24H25FN6O2/c1-32-21-8-5-18(13-22(21)33-2)20-14-26-24-27-16-28-31(24)23(20)30-11-9-29(10-12-30)15-17-3-6-19(25)7-4-17/h3-8,13-14,16H,9-12,15H2,1-2H3. The summed E-state index contributed by atoms with van der Waals surface area (Å²) in [6.45, 7) is 4.19. The minimum atomic E-state index is -0.208. The summed E-state index contributed by atoms with van der Waals surface area (Å²) >= 11 is 0. The molecule has 8 nitrogen and oxygen atoms in total. The van der Waals surface area contributed by atoms with Crippen molar-refractivity contribution >= 4 is 11.6 Å². The Hall–Kier alpha value is -3.72. The van der Waals surface area contributed by atoms with E-state index >= 15 is 0 Å². The first kappa shape index (κ1) is 21.1. The van der Waals surface area contributed by atoms with Crippen molar-refractivity contribution in [3.05, 3.63) is 66.4 Å². The first-order valence-electron chi connectivity index (χ1n) is 10.8. The molecule has 0 amide bonds. The van der Waals surface area contributed by atoms with E-state index in [1.165, 1.54) is 18.5 Å². The quantitative estimate of drug-likeness (QED) is 0.448. The number of nitrogens with zero attached hydrogens (tertiary/aromatic N) is 6. The van der Waals surface area contributed by atoms with E-state index in [0.29, 0.717) is 17.3 Å². The molecule has 9 heteroatoms. The van der Waals surface area contributed by atoms with Crippen LogP contribution in [0.4, 0.5) is 10.2 Å². The van der Waals surface area contributed by atoms with Crippen LogP contribution in [0.25, 0.3) is 16.9 Å². The van der Waals surface area contributed by atoms with Gasteiger partial charge in [-0.2, -0.15) is 14.6 Å². The molecule has 0 spiro atoms. The number of rotatable bonds is 6. The van der Waals surface area contributed by atoms with Crippen LogP contribution in [0.3, 0.4) is 0 Å². The lowest BCUT2D eigenvalue weighted by atomic mass is 10.1. The fourth-order valence-corrected chi connectivity index (χ4v) is 4.24. The van der Waals surface area contributed by atoms with Gasteiger partial charge in [-0.1, -0.05) is 18.2 Å². The van der Waals surface area contributed by atoms with Gasteiger partial charge >= 0.3 is 0 Å². The third-order valence-electron chi connectivity index (χ3n) is 5.97. The van der Waals surface area contributed by atoms with Gasteiger partial charge in [0.15, 0.2) is 11.5 Å². The van der Waals surface area contributed by atoms with Crippen molar-refractivity contribution in [1.82, 2.24) is 24.5 Å². The zero-order chi connectivity index (χ0) is 22.8. The van der Waals surface area contributed by atoms with Gasteiger partial charge in [0, 0.05) is 44.5 Å². The number of hydrogen-bond acceptors (Lipinski definition) is 7. The Morgan fingerprint density at radius 2 is 1.67 bits per heavy atom. The second-order valence-corrected chi connectivity index (χ2v) is 7.93. The Bertz CT molecular complexity index is 1250. The van der Waals surface area contributed by atoms with E-state index in [2.05, 4.69) is 24.9 Å². The molecule has 5 rings (SSSR count). The second-order valence-electron chi connectivity index (χ2n) is 7.93. The Morgan fingerprint density at radius 3 is 2.39 bits per heavy atom. The van der Waals surface area contributed by atoms with Crippen molar-refractivity contribution in [2.75, 3.05) is 45.3 Å². The molecule has 1 aliphatic rings. The molecular weight excluding hydrogens is 423 g/mol. The van der Waals surface area contributed by atoms with Gasteiger partial charge in [0.1, 0.15) is 18.0 Å². The second kappa shape index (κ2) is 9.03. The number of benzene rings is 2. The molecule has 3 heterocycles. The largest absolute Gasteiger partial charge is 0.493 e. The zero-order valence-corrected chi connectivity index (χ0v) is 18.6. The molecule has 0 unspecified atom stereocenters. The van der Waals surface area contributed by atoms with Crippen LogP contribution in [-0.2, 0) is 6.54 Å². The molecule has 0 atom stereocenters. The predicted octanol–water partition coefficient (Wildman–Crippen LogP) is 3.27. The van der Waals surface area contributed by atoms with Crippen LogP contribution in [0.1, 0.15) is 5.56 Å². The molecule has 0 N–H and O–H groups in total. The molecule has 0 saturated carbocycles. The van der Waals surface area contributed by atoms with Crippen molar-refractivity contribution in [2.45, 2.75) is 6.54 Å². The summed E-state index contributed by atoms with van der Waals surface area (Å²) in [5, 5.41) is 4.45. The van der Waals surface area contributed by atoms with Crippen molar-refractivity contribution in [3.63, 3.8) is 0 Å². The van der Waals surface area contributed by atoms with Crippen LogP contribution in [0.2, 0.25) is 0 Å². The predicted molar refractivity (Wildman–Crippen MR) is 123 cm³/mol. The van der Waals surface area contributed by atoms with Crippen LogP contribution in [0, 0.1) is 5.82 Å². The number of piperazine rings is 1. The van der Waals surface area contributed by atoms with E-state index < -0.39 is 0 Å². The van der Waals surface area contributed by atoms with E-state index in [1.54, 1.807) is 18.7 Å². The minimum absolute atomic E-state index is 0.208. The SMILES string of the molecule is COc1ccc(-c2cnc3ncnn3c2N2CCN(Cc3ccc(F)cc3)CC2)cc1OC. The molecule has 1 aliphatic heterocycles. The lowest BCUT2D eigenvalue weighted by molar-refractivity contribution is 0.249. The van der Waals surface area contributed by atoms with E-state index in [0.717, 1.165) is 55.2 Å². The molecule has 1 saturated heterocycles. The lowest BCUT2D eigenvalue weighted by Gasteiger charge is -2.36. The van der Waals surface area contributed by atoms with Gasteiger partial charge in [-0.15, -0.1) is 0 Å². The highest BCUT2D eigenvalue weighted by atomic mass is 19.1. The van der Waals surface area contributed by atoms with Crippen LogP contribution < -0.4 is 14.4 Å². The topological polar surface area (TPSA) is 68.0 Å². The summed E-state index contributed by atoms with van der Waals surface area (Å²) in [5.74, 6) is 2.63. The fraction of sp³-hybridized carbons (Fsp3) is 0.292. The normalized spacial score (nSPS) is 14.6. The summed E-state index contributed by atoms with van der Waals surface area (Å²) in [4.78, 5) is 13.5. The van der Waals surface area contributed by atoms with Crippen LogP contribution in [0.15, 0.2) is 55.0 Å². The molecule has 0 aliphatic carbocycles. The van der Waals surface area contributed by atoms with E-state index in [9.17, 15) is 4.39 Å². The lowest BCUT2D eigenvalue weighted by Crippen LogP contribution is -2.46. The minimum Gasteiger partial charge on any atom is -0.493 e. The smallest absolute Gasteiger partial charge is 0.254 e. The molecule has 0 bridgehead atoms. The maximum absolute atomic E-state index is 13.2. The monoisotopic (exact) mass is 448 g/mol. The number of aromatic nitrogens is 4. The summed E-state index contributed by atoms with van der Waals surface area (Å²) in [7, 11) is 3.25. The van der Waals surface area contributed by atoms with Gasteiger partial charge < -0.3 is 14.4 Å². The molecule has 0 radical (unpaired) electrons. The van der Waals surface area contributed by atoms with Crippen LogP contribution in [-0.4, -0.2) is 64.9 Å². The first-order valence-corrected chi connectivity index (χ1v) is 10.8. The van der Waals surface area contributed by atoms with Gasteiger partial charge in [0.05, 0.1) is 14.2 Å². The molecule has 4 aromatic rings. The maximum atomic E-state index is 13.2. The van der Waals surface area contributed by atoms with Gasteiger partial charge in [-0.3, -0.25) is 4.90 Å². The third kappa shape index (κ3) is 4.19. The van der Waals surface area contributed by atoms with Gasteiger partial charge in [0.2, 0.25) is 0 Å². The number of fused-ring (bicyclic) bond motifs is 1. The Kier molecular flexibility index (Phi) is 5.78. The Morgan fingerprint density at radius 1 is 0.909 bits per heavy atom. The van der Waals surface area contributed by atoms with E-state index in [4.69, 9.17) is 9.47 Å². The van der Waals surface area contributed by atoms with Crippen molar-refractivity contribution < 1.29 is 13.9 Å². The van der Waals surface area contributed by atoms with Gasteiger partial charge in [-0.25, -0.2) is 9.37 Å². The first-order chi connectivity index (χ1) is 16.2. The average Bonchev–Trinajstić information content (AvgIpc) is 3.34. The molecule has 170 valence electrons. The summed E-state index contributed by atoms with van der Waals surface area (Å²) in [6, 6.07) is 12.6. The number of anilines is 1. The van der Waals surface area contributed by atoms with E-state index in [-0.39, 0.29) is 5.82 Å². The van der Waals surface area contributed by atoms with Crippen molar-refractivity contribution in [2.24, 2.45) is 0 Å². The summed E-state index contributed by atoms with van der Waals surface area (Å²) < 4.78 is 25.9. The van der Waals surface area contributed by atoms with Crippen molar-refractivity contribution in [1.29, 1.82) is 0 Å². The van der Waals surface area contributed by atoms with Crippen molar-refractivity contribution in [3.8, 4) is 22.6 Å². The number of halogens is 1. The number of hydrogen-bond donors (Lipinski definition) is 0. The molecule has 1 fully saturated rings. The third-order valence-corrected chi connectivity index (χ3v) is 5.97.